The molecule has 5 heteroatoms. The number of anilines is 1. The van der Waals surface area contributed by atoms with Crippen LogP contribution in [-0.2, 0) is 11.0 Å². The van der Waals surface area contributed by atoms with Crippen molar-refractivity contribution in [2.24, 2.45) is 0 Å². The minimum Gasteiger partial charge on any atom is -0.323 e. The van der Waals surface area contributed by atoms with Gasteiger partial charge in [-0.2, -0.15) is 13.2 Å². The van der Waals surface area contributed by atoms with Gasteiger partial charge in [-0.25, -0.2) is 0 Å². The van der Waals surface area contributed by atoms with Crippen molar-refractivity contribution in [1.29, 1.82) is 0 Å². The molecule has 1 N–H and O–H groups in total. The monoisotopic (exact) mass is 291 g/mol. The quantitative estimate of drug-likeness (QED) is 0.836. The summed E-state index contributed by atoms with van der Waals surface area (Å²) in [5.74, 6) is -0.404. The van der Waals surface area contributed by atoms with Gasteiger partial charge < -0.3 is 5.32 Å². The molecular weight excluding hydrogens is 279 g/mol. The molecule has 1 amide bonds. The summed E-state index contributed by atoms with van der Waals surface area (Å²) in [6.45, 7) is 0. The number of nitrogens with one attached hydrogen (secondary N) is 1. The van der Waals surface area contributed by atoms with Crippen LogP contribution in [0.3, 0.4) is 0 Å². The summed E-state index contributed by atoms with van der Waals surface area (Å²) in [7, 11) is 0. The van der Waals surface area contributed by atoms with Crippen LogP contribution in [0.1, 0.15) is 11.1 Å². The molecule has 0 saturated heterocycles. The summed E-state index contributed by atoms with van der Waals surface area (Å²) < 4.78 is 37.2. The zero-order valence-corrected chi connectivity index (χ0v) is 10.9. The predicted molar refractivity (Wildman–Crippen MR) is 75.5 cm³/mol. The van der Waals surface area contributed by atoms with Crippen molar-refractivity contribution >= 4 is 17.7 Å². The molecule has 2 aromatic rings. The van der Waals surface area contributed by atoms with Crippen molar-refractivity contribution in [2.45, 2.75) is 6.18 Å². The number of halogens is 3. The van der Waals surface area contributed by atoms with Gasteiger partial charge in [-0.3, -0.25) is 4.79 Å². The molecule has 0 aromatic heterocycles. The van der Waals surface area contributed by atoms with Crippen LogP contribution in [-0.4, -0.2) is 5.91 Å². The summed E-state index contributed by atoms with van der Waals surface area (Å²) in [6.07, 6.45) is -1.43. The third-order valence-electron chi connectivity index (χ3n) is 2.71. The Balaban J connectivity index is 1.98. The normalized spacial score (nSPS) is 11.6. The van der Waals surface area contributed by atoms with E-state index in [1.165, 1.54) is 18.2 Å². The zero-order chi connectivity index (χ0) is 15.3. The highest BCUT2D eigenvalue weighted by Crippen LogP contribution is 2.29. The van der Waals surface area contributed by atoms with E-state index < -0.39 is 17.6 Å². The Bertz CT molecular complexity index is 631. The first-order valence-electron chi connectivity index (χ1n) is 6.16. The number of carbonyl (C=O) groups excluding carboxylic acids is 1. The van der Waals surface area contributed by atoms with Crippen LogP contribution in [0.5, 0.6) is 0 Å². The fourth-order valence-electron chi connectivity index (χ4n) is 1.66. The first-order chi connectivity index (χ1) is 9.95. The molecule has 21 heavy (non-hydrogen) atoms. The van der Waals surface area contributed by atoms with E-state index >= 15 is 0 Å². The maximum absolute atomic E-state index is 12.4. The van der Waals surface area contributed by atoms with Gasteiger partial charge in [0.25, 0.3) is 0 Å². The SMILES string of the molecule is O=C(/C=C/c1ccccc1)Nc1ccc(C(F)(F)F)cc1. The second-order valence-corrected chi connectivity index (χ2v) is 4.31. The fourth-order valence-corrected chi connectivity index (χ4v) is 1.66. The third kappa shape index (κ3) is 4.49. The molecule has 2 rings (SSSR count). The molecule has 0 unspecified atom stereocenters. The summed E-state index contributed by atoms with van der Waals surface area (Å²) in [5, 5.41) is 2.50. The van der Waals surface area contributed by atoms with Crippen LogP contribution in [0.2, 0.25) is 0 Å². The van der Waals surface area contributed by atoms with Gasteiger partial charge in [0.2, 0.25) is 5.91 Å². The molecule has 108 valence electrons. The van der Waals surface area contributed by atoms with Gasteiger partial charge in [0, 0.05) is 11.8 Å². The van der Waals surface area contributed by atoms with E-state index in [-0.39, 0.29) is 0 Å². The standard InChI is InChI=1S/C16H12F3NO/c17-16(18,19)13-7-9-14(10-8-13)20-15(21)11-6-12-4-2-1-3-5-12/h1-11H,(H,20,21)/b11-6+. The maximum atomic E-state index is 12.4. The zero-order valence-electron chi connectivity index (χ0n) is 10.9. The van der Waals surface area contributed by atoms with E-state index in [0.29, 0.717) is 5.69 Å². The van der Waals surface area contributed by atoms with Crippen LogP contribution < -0.4 is 5.32 Å². The predicted octanol–water partition coefficient (Wildman–Crippen LogP) is 4.36. The summed E-state index contributed by atoms with van der Waals surface area (Å²) in [5.41, 5.74) is 0.422. The topological polar surface area (TPSA) is 29.1 Å². The minimum atomic E-state index is -4.38. The van der Waals surface area contributed by atoms with Gasteiger partial charge in [0.15, 0.2) is 0 Å². The average molecular weight is 291 g/mol. The highest BCUT2D eigenvalue weighted by Gasteiger charge is 2.29. The van der Waals surface area contributed by atoms with Crippen molar-refractivity contribution in [3.8, 4) is 0 Å². The third-order valence-corrected chi connectivity index (χ3v) is 2.71. The molecule has 0 aliphatic rings. The highest BCUT2D eigenvalue weighted by atomic mass is 19.4. The molecule has 0 bridgehead atoms. The number of benzene rings is 2. The van der Waals surface area contributed by atoms with Crippen LogP contribution >= 0.6 is 0 Å². The molecule has 0 aliphatic carbocycles. The van der Waals surface area contributed by atoms with Crippen LogP contribution in [0.25, 0.3) is 6.08 Å². The molecule has 0 spiro atoms. The first kappa shape index (κ1) is 14.8. The Morgan fingerprint density at radius 3 is 2.14 bits per heavy atom. The van der Waals surface area contributed by atoms with Crippen molar-refractivity contribution in [3.05, 3.63) is 71.8 Å². The van der Waals surface area contributed by atoms with Gasteiger partial charge in [-0.05, 0) is 35.9 Å². The smallest absolute Gasteiger partial charge is 0.323 e. The van der Waals surface area contributed by atoms with Crippen LogP contribution in [0.4, 0.5) is 18.9 Å². The summed E-state index contributed by atoms with van der Waals surface area (Å²) in [4.78, 5) is 11.6. The van der Waals surface area contributed by atoms with Crippen molar-refractivity contribution < 1.29 is 18.0 Å². The average Bonchev–Trinajstić information content (AvgIpc) is 2.46. The first-order valence-corrected chi connectivity index (χ1v) is 6.16. The van der Waals surface area contributed by atoms with E-state index in [4.69, 9.17) is 0 Å². The Hall–Kier alpha value is -2.56. The van der Waals surface area contributed by atoms with E-state index in [2.05, 4.69) is 5.32 Å². The number of rotatable bonds is 3. The lowest BCUT2D eigenvalue weighted by atomic mass is 10.2. The molecule has 2 aromatic carbocycles. The molecule has 0 aliphatic heterocycles. The Morgan fingerprint density at radius 1 is 0.952 bits per heavy atom. The van der Waals surface area contributed by atoms with E-state index in [9.17, 15) is 18.0 Å². The van der Waals surface area contributed by atoms with Crippen LogP contribution in [0.15, 0.2) is 60.7 Å². The molecule has 2 nitrogen and oxygen atoms in total. The molecule has 0 fully saturated rings. The van der Waals surface area contributed by atoms with Gasteiger partial charge in [0.05, 0.1) is 5.56 Å². The lowest BCUT2D eigenvalue weighted by Crippen LogP contribution is -2.09. The maximum Gasteiger partial charge on any atom is 0.416 e. The second kappa shape index (κ2) is 6.26. The minimum absolute atomic E-state index is 0.311. The van der Waals surface area contributed by atoms with E-state index in [1.54, 1.807) is 6.08 Å². The Morgan fingerprint density at radius 2 is 1.57 bits per heavy atom. The highest BCUT2D eigenvalue weighted by molar-refractivity contribution is 6.01. The lowest BCUT2D eigenvalue weighted by Gasteiger charge is -2.07. The van der Waals surface area contributed by atoms with Gasteiger partial charge in [-0.15, -0.1) is 0 Å². The summed E-state index contributed by atoms with van der Waals surface area (Å²) >= 11 is 0. The van der Waals surface area contributed by atoms with E-state index in [1.807, 2.05) is 30.3 Å². The molecule has 0 saturated carbocycles. The number of carbonyl (C=O) groups is 1. The number of amides is 1. The van der Waals surface area contributed by atoms with Crippen LogP contribution in [0, 0.1) is 0 Å². The second-order valence-electron chi connectivity index (χ2n) is 4.31. The van der Waals surface area contributed by atoms with Gasteiger partial charge >= 0.3 is 6.18 Å². The molecule has 0 heterocycles. The van der Waals surface area contributed by atoms with Crippen molar-refractivity contribution in [3.63, 3.8) is 0 Å². The van der Waals surface area contributed by atoms with Gasteiger partial charge in [-0.1, -0.05) is 30.3 Å². The number of hydrogen-bond acceptors (Lipinski definition) is 1. The van der Waals surface area contributed by atoms with E-state index in [0.717, 1.165) is 17.7 Å². The molecule has 0 atom stereocenters. The fraction of sp³-hybridized carbons (Fsp3) is 0.0625. The van der Waals surface area contributed by atoms with Gasteiger partial charge in [0.1, 0.15) is 0 Å². The Kier molecular flexibility index (Phi) is 4.42. The lowest BCUT2D eigenvalue weighted by molar-refractivity contribution is -0.137. The number of alkyl halides is 3. The Labute approximate surface area is 119 Å². The number of hydrogen-bond donors (Lipinski definition) is 1. The van der Waals surface area contributed by atoms with Crippen molar-refractivity contribution in [1.82, 2.24) is 0 Å². The largest absolute Gasteiger partial charge is 0.416 e. The summed E-state index contributed by atoms with van der Waals surface area (Å²) in [6, 6.07) is 13.5. The molecule has 0 radical (unpaired) electrons. The molecular formula is C16H12F3NO. The van der Waals surface area contributed by atoms with Crippen molar-refractivity contribution in [2.75, 3.05) is 5.32 Å².